The first-order valence-electron chi connectivity index (χ1n) is 7.95. The third-order valence-electron chi connectivity index (χ3n) is 4.18. The van der Waals surface area contributed by atoms with Crippen molar-refractivity contribution in [3.05, 3.63) is 57.5 Å². The lowest BCUT2D eigenvalue weighted by molar-refractivity contribution is -0.384. The summed E-state index contributed by atoms with van der Waals surface area (Å²) in [6.07, 6.45) is 1.90. The molecule has 0 radical (unpaired) electrons. The highest BCUT2D eigenvalue weighted by Gasteiger charge is 2.29. The molecule has 9 nitrogen and oxygen atoms in total. The Morgan fingerprint density at radius 1 is 1.27 bits per heavy atom. The minimum atomic E-state index is -0.592. The Balaban J connectivity index is 2.11. The highest BCUT2D eigenvalue weighted by molar-refractivity contribution is 6.03. The van der Waals surface area contributed by atoms with Crippen molar-refractivity contribution < 1.29 is 14.5 Å². The molecule has 9 heteroatoms. The number of nitro groups is 1. The molecule has 138 valence electrons. The number of allylic oxidation sites excluding steroid dienone is 3. The van der Waals surface area contributed by atoms with Crippen LogP contribution in [-0.2, 0) is 4.79 Å². The van der Waals surface area contributed by atoms with Crippen molar-refractivity contribution in [1.82, 2.24) is 15.3 Å². The van der Waals surface area contributed by atoms with E-state index in [-0.39, 0.29) is 23.7 Å². The standard InChI is InChI=1S/C17H21N5O4/c1-5-11(2)21-10-15(23)16(12(3)20(21)4)19-17(24)18-13-6-8-14(9-7-13)22(25)26/h5-9H,10H2,1-4H3,(H2,18,19,24)/b11-5+. The summed E-state index contributed by atoms with van der Waals surface area (Å²) in [6, 6.07) is 4.83. The molecule has 1 aromatic rings. The van der Waals surface area contributed by atoms with Crippen LogP contribution in [0.5, 0.6) is 0 Å². The Morgan fingerprint density at radius 3 is 2.42 bits per heavy atom. The van der Waals surface area contributed by atoms with Crippen LogP contribution in [0.1, 0.15) is 20.8 Å². The van der Waals surface area contributed by atoms with E-state index in [0.717, 1.165) is 5.70 Å². The first kappa shape index (κ1) is 19.0. The molecule has 1 aromatic carbocycles. The van der Waals surface area contributed by atoms with Crippen molar-refractivity contribution >= 4 is 23.2 Å². The summed E-state index contributed by atoms with van der Waals surface area (Å²) >= 11 is 0. The first-order valence-corrected chi connectivity index (χ1v) is 7.95. The quantitative estimate of drug-likeness (QED) is 0.632. The molecule has 1 heterocycles. The van der Waals surface area contributed by atoms with Gasteiger partial charge < -0.3 is 10.6 Å². The van der Waals surface area contributed by atoms with E-state index in [1.807, 2.05) is 32.0 Å². The van der Waals surface area contributed by atoms with E-state index >= 15 is 0 Å². The van der Waals surface area contributed by atoms with E-state index in [9.17, 15) is 19.7 Å². The zero-order valence-electron chi connectivity index (χ0n) is 15.1. The number of anilines is 1. The molecule has 0 bridgehead atoms. The number of rotatable bonds is 4. The largest absolute Gasteiger partial charge is 0.323 e. The van der Waals surface area contributed by atoms with Gasteiger partial charge in [0.25, 0.3) is 5.69 Å². The number of benzene rings is 1. The molecule has 0 spiro atoms. The van der Waals surface area contributed by atoms with Crippen molar-refractivity contribution in [3.63, 3.8) is 0 Å². The number of amides is 2. The molecular formula is C17H21N5O4. The van der Waals surface area contributed by atoms with Crippen LogP contribution in [0.15, 0.2) is 47.4 Å². The SMILES string of the molecule is C/C=C(\C)N1CC(=O)C(NC(=O)Nc2ccc([N+](=O)[O-])cc2)=C(C)N1C. The summed E-state index contributed by atoms with van der Waals surface area (Å²) in [7, 11) is 1.81. The summed E-state index contributed by atoms with van der Waals surface area (Å²) < 4.78 is 0. The summed E-state index contributed by atoms with van der Waals surface area (Å²) in [4.78, 5) is 34.7. The van der Waals surface area contributed by atoms with Gasteiger partial charge in [-0.1, -0.05) is 6.08 Å². The fourth-order valence-electron chi connectivity index (χ4n) is 2.48. The maximum Gasteiger partial charge on any atom is 0.323 e. The molecule has 0 unspecified atom stereocenters. The van der Waals surface area contributed by atoms with Crippen LogP contribution in [0.4, 0.5) is 16.2 Å². The van der Waals surface area contributed by atoms with Crippen LogP contribution in [0.2, 0.25) is 0 Å². The second kappa shape index (κ2) is 7.68. The minimum Gasteiger partial charge on any atom is -0.308 e. The lowest BCUT2D eigenvalue weighted by Gasteiger charge is -2.40. The number of Topliss-reactive ketones (excluding diaryl/α,β-unsaturated/α-hetero) is 1. The van der Waals surface area contributed by atoms with Gasteiger partial charge >= 0.3 is 6.03 Å². The molecular weight excluding hydrogens is 338 g/mol. The summed E-state index contributed by atoms with van der Waals surface area (Å²) in [5, 5.41) is 19.4. The van der Waals surface area contributed by atoms with Crippen LogP contribution < -0.4 is 10.6 Å². The molecule has 0 aromatic heterocycles. The van der Waals surface area contributed by atoms with Crippen LogP contribution >= 0.6 is 0 Å². The topological polar surface area (TPSA) is 108 Å². The zero-order valence-corrected chi connectivity index (χ0v) is 15.1. The summed E-state index contributed by atoms with van der Waals surface area (Å²) in [5.41, 5.74) is 2.07. The number of hydrogen-bond acceptors (Lipinski definition) is 6. The van der Waals surface area contributed by atoms with Gasteiger partial charge in [-0.05, 0) is 32.9 Å². The molecule has 2 rings (SSSR count). The van der Waals surface area contributed by atoms with E-state index in [0.29, 0.717) is 11.4 Å². The third kappa shape index (κ3) is 4.00. The van der Waals surface area contributed by atoms with Crippen molar-refractivity contribution in [3.8, 4) is 0 Å². The van der Waals surface area contributed by atoms with Crippen molar-refractivity contribution in [1.29, 1.82) is 0 Å². The fourth-order valence-corrected chi connectivity index (χ4v) is 2.48. The van der Waals surface area contributed by atoms with Gasteiger partial charge in [-0.15, -0.1) is 0 Å². The van der Waals surface area contributed by atoms with Crippen molar-refractivity contribution in [2.75, 3.05) is 18.9 Å². The molecule has 26 heavy (non-hydrogen) atoms. The molecule has 0 saturated carbocycles. The molecule has 1 aliphatic heterocycles. The van der Waals surface area contributed by atoms with E-state index in [1.165, 1.54) is 24.3 Å². The van der Waals surface area contributed by atoms with Crippen molar-refractivity contribution in [2.45, 2.75) is 20.8 Å². The van der Waals surface area contributed by atoms with Gasteiger partial charge in [0.15, 0.2) is 0 Å². The normalized spacial score (nSPS) is 15.2. The van der Waals surface area contributed by atoms with Gasteiger partial charge in [-0.3, -0.25) is 24.9 Å². The molecule has 0 atom stereocenters. The Labute approximate surface area is 151 Å². The first-order chi connectivity index (χ1) is 12.2. The van der Waals surface area contributed by atoms with E-state index in [1.54, 1.807) is 11.9 Å². The number of carbonyl (C=O) groups is 2. The predicted molar refractivity (Wildman–Crippen MR) is 96.9 cm³/mol. The van der Waals surface area contributed by atoms with E-state index in [2.05, 4.69) is 10.6 Å². The van der Waals surface area contributed by atoms with Crippen molar-refractivity contribution in [2.24, 2.45) is 0 Å². The molecule has 0 fully saturated rings. The van der Waals surface area contributed by atoms with Gasteiger partial charge in [-0.25, -0.2) is 4.79 Å². The molecule has 0 aliphatic carbocycles. The van der Waals surface area contributed by atoms with E-state index in [4.69, 9.17) is 0 Å². The monoisotopic (exact) mass is 359 g/mol. The van der Waals surface area contributed by atoms with Crippen LogP contribution in [0.25, 0.3) is 0 Å². The number of nitro benzene ring substituents is 1. The molecule has 2 amide bonds. The predicted octanol–water partition coefficient (Wildman–Crippen LogP) is 2.60. The number of hydrazine groups is 1. The minimum absolute atomic E-state index is 0.0713. The third-order valence-corrected chi connectivity index (χ3v) is 4.18. The smallest absolute Gasteiger partial charge is 0.308 e. The van der Waals surface area contributed by atoms with Gasteiger partial charge in [0.05, 0.1) is 10.6 Å². The Bertz CT molecular complexity index is 798. The van der Waals surface area contributed by atoms with Crippen LogP contribution in [0.3, 0.4) is 0 Å². The van der Waals surface area contributed by atoms with Gasteiger partial charge in [0.2, 0.25) is 5.78 Å². The van der Waals surface area contributed by atoms with Crippen LogP contribution in [0, 0.1) is 10.1 Å². The highest BCUT2D eigenvalue weighted by Crippen LogP contribution is 2.21. The lowest BCUT2D eigenvalue weighted by Crippen LogP contribution is -2.49. The van der Waals surface area contributed by atoms with Gasteiger partial charge in [0, 0.05) is 30.6 Å². The molecule has 1 aliphatic rings. The Kier molecular flexibility index (Phi) is 5.61. The van der Waals surface area contributed by atoms with Crippen LogP contribution in [-0.4, -0.2) is 40.3 Å². The van der Waals surface area contributed by atoms with Gasteiger partial charge in [0.1, 0.15) is 12.2 Å². The molecule has 0 saturated heterocycles. The second-order valence-corrected chi connectivity index (χ2v) is 5.78. The summed E-state index contributed by atoms with van der Waals surface area (Å²) in [6.45, 7) is 5.65. The Morgan fingerprint density at radius 2 is 1.88 bits per heavy atom. The van der Waals surface area contributed by atoms with E-state index < -0.39 is 11.0 Å². The maximum absolute atomic E-state index is 12.4. The number of ketones is 1. The number of hydrogen-bond donors (Lipinski definition) is 2. The number of nitrogens with zero attached hydrogens (tertiary/aromatic N) is 3. The lowest BCUT2D eigenvalue weighted by atomic mass is 10.1. The zero-order chi connectivity index (χ0) is 19.4. The number of carbonyl (C=O) groups excluding carboxylic acids is 2. The highest BCUT2D eigenvalue weighted by atomic mass is 16.6. The maximum atomic E-state index is 12.4. The number of urea groups is 1. The number of nitrogens with one attached hydrogen (secondary N) is 2. The fraction of sp³-hybridized carbons (Fsp3) is 0.294. The average molecular weight is 359 g/mol. The number of non-ortho nitro benzene ring substituents is 1. The average Bonchev–Trinajstić information content (AvgIpc) is 2.61. The Hall–Kier alpha value is -3.36. The van der Waals surface area contributed by atoms with Gasteiger partial charge in [-0.2, -0.15) is 0 Å². The summed E-state index contributed by atoms with van der Waals surface area (Å²) in [5.74, 6) is -0.208. The molecule has 2 N–H and O–H groups in total. The second-order valence-electron chi connectivity index (χ2n) is 5.78.